The Hall–Kier alpha value is -3.53. The highest BCUT2D eigenvalue weighted by Crippen LogP contribution is 2.29. The average molecular weight is 443 g/mol. The predicted octanol–water partition coefficient (Wildman–Crippen LogP) is 3.45. The summed E-state index contributed by atoms with van der Waals surface area (Å²) in [4.78, 5) is 39.1. The molecular weight excluding hydrogens is 425 g/mol. The van der Waals surface area contributed by atoms with Gasteiger partial charge in [-0.1, -0.05) is 0 Å². The number of fused-ring (bicyclic) bond motifs is 1. The summed E-state index contributed by atoms with van der Waals surface area (Å²) in [5.41, 5.74) is 0.838. The molecule has 0 bridgehead atoms. The second-order valence-electron chi connectivity index (χ2n) is 7.01. The number of anilines is 1. The van der Waals surface area contributed by atoms with Crippen LogP contribution in [0, 0.1) is 15.9 Å². The summed E-state index contributed by atoms with van der Waals surface area (Å²) in [6, 6.07) is 12.1. The van der Waals surface area contributed by atoms with Gasteiger partial charge in [-0.05, 0) is 36.4 Å². The van der Waals surface area contributed by atoms with Crippen LogP contribution in [0.5, 0.6) is 0 Å². The lowest BCUT2D eigenvalue weighted by molar-refractivity contribution is -0.384. The zero-order chi connectivity index (χ0) is 22.0. The van der Waals surface area contributed by atoms with Crippen molar-refractivity contribution in [3.05, 3.63) is 69.3 Å². The molecule has 160 valence electrons. The fraction of sp³-hybridized carbons (Fsp3) is 0.238. The number of nitrogens with zero attached hydrogens (tertiary/aromatic N) is 3. The molecule has 0 aliphatic carbocycles. The van der Waals surface area contributed by atoms with Gasteiger partial charge in [0.1, 0.15) is 10.7 Å². The van der Waals surface area contributed by atoms with Gasteiger partial charge in [0.05, 0.1) is 4.92 Å². The fourth-order valence-corrected chi connectivity index (χ4v) is 4.34. The first-order valence-corrected chi connectivity index (χ1v) is 10.4. The minimum atomic E-state index is -0.637. The number of nitro groups is 1. The number of halogens is 1. The van der Waals surface area contributed by atoms with Gasteiger partial charge in [0.25, 0.3) is 11.6 Å². The minimum Gasteiger partial charge on any atom is -0.451 e. The van der Waals surface area contributed by atoms with Gasteiger partial charge < -0.3 is 14.5 Å². The molecule has 1 aliphatic heterocycles. The molecule has 1 aliphatic rings. The van der Waals surface area contributed by atoms with Gasteiger partial charge in [-0.15, -0.1) is 11.3 Å². The summed E-state index contributed by atoms with van der Waals surface area (Å²) < 4.78 is 19.0. The number of hydrogen-bond acceptors (Lipinski definition) is 7. The lowest BCUT2D eigenvalue weighted by Gasteiger charge is -2.36. The number of benzene rings is 2. The molecule has 0 atom stereocenters. The Morgan fingerprint density at radius 3 is 2.45 bits per heavy atom. The molecule has 0 saturated carbocycles. The van der Waals surface area contributed by atoms with Crippen LogP contribution in [0.15, 0.2) is 48.5 Å². The maximum atomic E-state index is 13.1. The molecule has 1 amide bonds. The van der Waals surface area contributed by atoms with Gasteiger partial charge in [-0.3, -0.25) is 14.9 Å². The Kier molecular flexibility index (Phi) is 5.81. The molecule has 1 saturated heterocycles. The molecule has 8 nitrogen and oxygen atoms in total. The number of piperazine rings is 1. The van der Waals surface area contributed by atoms with E-state index in [9.17, 15) is 24.1 Å². The number of ether oxygens (including phenoxy) is 1. The predicted molar refractivity (Wildman–Crippen MR) is 114 cm³/mol. The van der Waals surface area contributed by atoms with Crippen molar-refractivity contribution in [3.63, 3.8) is 0 Å². The van der Waals surface area contributed by atoms with Crippen molar-refractivity contribution in [1.82, 2.24) is 4.90 Å². The second-order valence-corrected chi connectivity index (χ2v) is 8.09. The Morgan fingerprint density at radius 2 is 1.77 bits per heavy atom. The number of carbonyl (C=O) groups excluding carboxylic acids is 2. The van der Waals surface area contributed by atoms with E-state index < -0.39 is 10.9 Å². The van der Waals surface area contributed by atoms with Crippen molar-refractivity contribution in [3.8, 4) is 0 Å². The first kappa shape index (κ1) is 20.7. The third kappa shape index (κ3) is 4.64. The Labute approximate surface area is 180 Å². The lowest BCUT2D eigenvalue weighted by Crippen LogP contribution is -2.49. The van der Waals surface area contributed by atoms with Gasteiger partial charge in [0, 0.05) is 54.1 Å². The third-order valence-electron chi connectivity index (χ3n) is 5.06. The van der Waals surface area contributed by atoms with Crippen LogP contribution in [-0.4, -0.2) is 54.5 Å². The van der Waals surface area contributed by atoms with Crippen LogP contribution in [0.25, 0.3) is 10.1 Å². The molecule has 4 rings (SSSR count). The van der Waals surface area contributed by atoms with Gasteiger partial charge in [0.15, 0.2) is 6.61 Å². The van der Waals surface area contributed by atoms with Crippen LogP contribution in [0.2, 0.25) is 0 Å². The standard InChI is InChI=1S/C21H18FN3O5S/c22-15-1-3-16(4-2-15)23-7-9-24(10-8-23)20(26)13-30-21(27)19-12-14-11-17(25(28)29)5-6-18(14)31-19/h1-6,11-12H,7-10,13H2. The van der Waals surface area contributed by atoms with Crippen molar-refractivity contribution >= 4 is 44.7 Å². The van der Waals surface area contributed by atoms with Crippen molar-refractivity contribution < 1.29 is 23.6 Å². The van der Waals surface area contributed by atoms with Crippen LogP contribution in [0.3, 0.4) is 0 Å². The van der Waals surface area contributed by atoms with Crippen molar-refractivity contribution in [2.45, 2.75) is 0 Å². The topological polar surface area (TPSA) is 93.0 Å². The van der Waals surface area contributed by atoms with Crippen molar-refractivity contribution in [2.75, 3.05) is 37.7 Å². The molecule has 3 aromatic rings. The molecule has 0 spiro atoms. The van der Waals surface area contributed by atoms with E-state index in [2.05, 4.69) is 4.90 Å². The third-order valence-corrected chi connectivity index (χ3v) is 6.16. The zero-order valence-corrected chi connectivity index (χ0v) is 17.1. The number of hydrogen-bond donors (Lipinski definition) is 0. The van der Waals surface area contributed by atoms with E-state index in [-0.39, 0.29) is 28.9 Å². The van der Waals surface area contributed by atoms with Crippen LogP contribution < -0.4 is 4.90 Å². The fourth-order valence-electron chi connectivity index (χ4n) is 3.40. The molecular formula is C21H18FN3O5S. The Balaban J connectivity index is 1.30. The van der Waals surface area contributed by atoms with Crippen molar-refractivity contribution in [2.24, 2.45) is 0 Å². The Bertz CT molecular complexity index is 1140. The summed E-state index contributed by atoms with van der Waals surface area (Å²) in [7, 11) is 0. The molecule has 0 radical (unpaired) electrons. The van der Waals surface area contributed by atoms with E-state index >= 15 is 0 Å². The number of carbonyl (C=O) groups is 2. The van der Waals surface area contributed by atoms with Gasteiger partial charge >= 0.3 is 5.97 Å². The maximum Gasteiger partial charge on any atom is 0.348 e. The van der Waals surface area contributed by atoms with E-state index in [0.29, 0.717) is 31.6 Å². The highest BCUT2D eigenvalue weighted by molar-refractivity contribution is 7.20. The largest absolute Gasteiger partial charge is 0.451 e. The van der Waals surface area contributed by atoms with Crippen molar-refractivity contribution in [1.29, 1.82) is 0 Å². The molecule has 0 unspecified atom stereocenters. The Morgan fingerprint density at radius 1 is 1.06 bits per heavy atom. The summed E-state index contributed by atoms with van der Waals surface area (Å²) in [5.74, 6) is -1.22. The van der Waals surface area contributed by atoms with Gasteiger partial charge in [-0.2, -0.15) is 0 Å². The zero-order valence-electron chi connectivity index (χ0n) is 16.3. The first-order chi connectivity index (χ1) is 14.9. The highest BCUT2D eigenvalue weighted by Gasteiger charge is 2.23. The molecule has 1 aromatic heterocycles. The van der Waals surface area contributed by atoms with Crippen LogP contribution >= 0.6 is 11.3 Å². The highest BCUT2D eigenvalue weighted by atomic mass is 32.1. The van der Waals surface area contributed by atoms with E-state index in [1.807, 2.05) is 0 Å². The summed E-state index contributed by atoms with van der Waals surface area (Å²) in [5, 5.41) is 11.5. The normalized spacial score (nSPS) is 14.0. The SMILES string of the molecule is O=C(OCC(=O)N1CCN(c2ccc(F)cc2)CC1)c1cc2cc([N+](=O)[O-])ccc2s1. The van der Waals surface area contributed by atoms with E-state index in [0.717, 1.165) is 21.7 Å². The van der Waals surface area contributed by atoms with E-state index in [1.165, 1.54) is 30.3 Å². The monoisotopic (exact) mass is 443 g/mol. The molecule has 2 aromatic carbocycles. The summed E-state index contributed by atoms with van der Waals surface area (Å²) >= 11 is 1.16. The quantitative estimate of drug-likeness (QED) is 0.341. The summed E-state index contributed by atoms with van der Waals surface area (Å²) in [6.45, 7) is 1.77. The number of thiophene rings is 1. The number of non-ortho nitro benzene ring substituents is 1. The lowest BCUT2D eigenvalue weighted by atomic mass is 10.2. The van der Waals surface area contributed by atoms with Gasteiger partial charge in [-0.25, -0.2) is 9.18 Å². The van der Waals surface area contributed by atoms with Crippen LogP contribution in [0.4, 0.5) is 15.8 Å². The smallest absolute Gasteiger partial charge is 0.348 e. The van der Waals surface area contributed by atoms with Crippen LogP contribution in [0.1, 0.15) is 9.67 Å². The second kappa shape index (κ2) is 8.68. The maximum absolute atomic E-state index is 13.1. The number of nitro benzene ring substituents is 1. The van der Waals surface area contributed by atoms with Crippen LogP contribution in [-0.2, 0) is 9.53 Å². The molecule has 1 fully saturated rings. The summed E-state index contributed by atoms with van der Waals surface area (Å²) in [6.07, 6.45) is 0. The van der Waals surface area contributed by atoms with E-state index in [4.69, 9.17) is 4.74 Å². The minimum absolute atomic E-state index is 0.0554. The van der Waals surface area contributed by atoms with E-state index in [1.54, 1.807) is 23.1 Å². The average Bonchev–Trinajstić information content (AvgIpc) is 3.21. The molecule has 0 N–H and O–H groups in total. The molecule has 31 heavy (non-hydrogen) atoms. The molecule has 10 heteroatoms. The first-order valence-electron chi connectivity index (χ1n) is 9.54. The molecule has 2 heterocycles. The number of amides is 1. The number of rotatable bonds is 5. The van der Waals surface area contributed by atoms with Gasteiger partial charge in [0.2, 0.25) is 0 Å². The number of esters is 1.